The van der Waals surface area contributed by atoms with Crippen LogP contribution in [0.2, 0.25) is 0 Å². The van der Waals surface area contributed by atoms with Gasteiger partial charge in [-0.2, -0.15) is 0 Å². The fourth-order valence-electron chi connectivity index (χ4n) is 1.54. The van der Waals surface area contributed by atoms with E-state index in [-0.39, 0.29) is 18.8 Å². The molecule has 0 unspecified atom stereocenters. The zero-order valence-electron chi connectivity index (χ0n) is 11.3. The van der Waals surface area contributed by atoms with Crippen LogP contribution in [0.1, 0.15) is 13.3 Å². The lowest BCUT2D eigenvalue weighted by molar-refractivity contribution is -0.142. The van der Waals surface area contributed by atoms with Gasteiger partial charge in [-0.25, -0.2) is 8.42 Å². The van der Waals surface area contributed by atoms with Crippen molar-refractivity contribution in [3.63, 3.8) is 0 Å². The highest BCUT2D eigenvalue weighted by Crippen LogP contribution is 2.27. The van der Waals surface area contributed by atoms with Gasteiger partial charge in [-0.3, -0.25) is 9.10 Å². The lowest BCUT2D eigenvalue weighted by Gasteiger charge is -2.21. The minimum atomic E-state index is -3.62. The molecule has 0 saturated carbocycles. The van der Waals surface area contributed by atoms with Crippen molar-refractivity contribution in [3.05, 3.63) is 22.7 Å². The van der Waals surface area contributed by atoms with E-state index in [0.29, 0.717) is 11.4 Å². The molecule has 0 saturated heterocycles. The van der Waals surface area contributed by atoms with Crippen LogP contribution < -0.4 is 10.0 Å². The summed E-state index contributed by atoms with van der Waals surface area (Å²) in [6.07, 6.45) is -0.184. The van der Waals surface area contributed by atoms with Crippen LogP contribution in [0.4, 0.5) is 11.4 Å². The summed E-state index contributed by atoms with van der Waals surface area (Å²) >= 11 is 3.25. The summed E-state index contributed by atoms with van der Waals surface area (Å²) in [4.78, 5) is 11.2. The molecule has 1 rings (SSSR count). The number of carbonyl (C=O) groups is 1. The normalized spacial score (nSPS) is 11.2. The van der Waals surface area contributed by atoms with E-state index in [1.54, 1.807) is 25.1 Å². The molecule has 0 amide bonds. The van der Waals surface area contributed by atoms with E-state index in [1.165, 1.54) is 7.05 Å². The van der Waals surface area contributed by atoms with Gasteiger partial charge in [-0.1, -0.05) is 15.9 Å². The minimum Gasteiger partial charge on any atom is -0.466 e. The van der Waals surface area contributed by atoms with Gasteiger partial charge in [0.2, 0.25) is 10.0 Å². The minimum absolute atomic E-state index is 0.184. The number of hydrogen-bond donors (Lipinski definition) is 1. The molecule has 0 aliphatic rings. The summed E-state index contributed by atoms with van der Waals surface area (Å²) in [5, 5.41) is 0. The zero-order valence-corrected chi connectivity index (χ0v) is 13.7. The molecule has 0 aromatic heterocycles. The predicted octanol–water partition coefficient (Wildman–Crippen LogP) is 1.75. The quantitative estimate of drug-likeness (QED) is 0.613. The highest BCUT2D eigenvalue weighted by atomic mass is 79.9. The maximum atomic E-state index is 12.1. The molecule has 0 radical (unpaired) electrons. The maximum Gasteiger partial charge on any atom is 0.306 e. The molecular weight excluding hydrogens is 348 g/mol. The number of ether oxygens (including phenoxy) is 1. The summed E-state index contributed by atoms with van der Waals surface area (Å²) in [7, 11) is -2.22. The second kappa shape index (κ2) is 6.94. The van der Waals surface area contributed by atoms with E-state index >= 15 is 0 Å². The van der Waals surface area contributed by atoms with Gasteiger partial charge >= 0.3 is 5.97 Å². The average Bonchev–Trinajstić information content (AvgIpc) is 2.36. The number of sulfonamides is 1. The van der Waals surface area contributed by atoms with Gasteiger partial charge in [0.1, 0.15) is 0 Å². The molecule has 0 fully saturated rings. The molecule has 0 spiro atoms. The summed E-state index contributed by atoms with van der Waals surface area (Å²) in [6.45, 7) is 1.90. The van der Waals surface area contributed by atoms with Crippen molar-refractivity contribution in [1.82, 2.24) is 0 Å². The highest BCUT2D eigenvalue weighted by molar-refractivity contribution is 9.10. The monoisotopic (exact) mass is 364 g/mol. The first kappa shape index (κ1) is 16.8. The maximum absolute atomic E-state index is 12.1. The van der Waals surface area contributed by atoms with Crippen LogP contribution in [0.5, 0.6) is 0 Å². The Bertz CT molecular complexity index is 589. The summed E-state index contributed by atoms with van der Waals surface area (Å²) in [5.41, 5.74) is 6.50. The molecule has 2 N–H and O–H groups in total. The highest BCUT2D eigenvalue weighted by Gasteiger charge is 2.21. The molecule has 1 aromatic rings. The molecule has 112 valence electrons. The number of nitrogens with zero attached hydrogens (tertiary/aromatic N) is 1. The Balaban J connectivity index is 2.84. The predicted molar refractivity (Wildman–Crippen MR) is 82.0 cm³/mol. The van der Waals surface area contributed by atoms with Crippen molar-refractivity contribution in [1.29, 1.82) is 0 Å². The van der Waals surface area contributed by atoms with Gasteiger partial charge in [0, 0.05) is 11.5 Å². The van der Waals surface area contributed by atoms with E-state index in [0.717, 1.165) is 8.78 Å². The molecule has 0 aliphatic carbocycles. The largest absolute Gasteiger partial charge is 0.466 e. The van der Waals surface area contributed by atoms with Crippen LogP contribution in [0.25, 0.3) is 0 Å². The van der Waals surface area contributed by atoms with Gasteiger partial charge in [0.25, 0.3) is 0 Å². The fraction of sp³-hybridized carbons (Fsp3) is 0.417. The number of nitrogen functional groups attached to an aromatic ring is 1. The molecule has 8 heteroatoms. The smallest absolute Gasteiger partial charge is 0.306 e. The standard InChI is InChI=1S/C12H17BrN2O4S/c1-3-19-12(16)6-7-20(17,18)15(2)11-5-4-9(13)8-10(11)14/h4-5,8H,3,6-7,14H2,1-2H3. The first-order chi connectivity index (χ1) is 9.27. The van der Waals surface area contributed by atoms with Crippen molar-refractivity contribution in [2.75, 3.05) is 29.4 Å². The van der Waals surface area contributed by atoms with Crippen LogP contribution in [0, 0.1) is 0 Å². The topological polar surface area (TPSA) is 89.7 Å². The van der Waals surface area contributed by atoms with Crippen LogP contribution in [0.3, 0.4) is 0 Å². The molecule has 0 heterocycles. The lowest BCUT2D eigenvalue weighted by Crippen LogP contribution is -2.30. The van der Waals surface area contributed by atoms with E-state index in [1.807, 2.05) is 0 Å². The van der Waals surface area contributed by atoms with Crippen molar-refractivity contribution in [3.8, 4) is 0 Å². The first-order valence-electron chi connectivity index (χ1n) is 5.95. The lowest BCUT2D eigenvalue weighted by atomic mass is 10.3. The number of halogens is 1. The second-order valence-corrected chi connectivity index (χ2v) is 7.08. The molecule has 0 atom stereocenters. The van der Waals surface area contributed by atoms with E-state index in [4.69, 9.17) is 10.5 Å². The van der Waals surface area contributed by atoms with E-state index < -0.39 is 16.0 Å². The van der Waals surface area contributed by atoms with Crippen LogP contribution >= 0.6 is 15.9 Å². The van der Waals surface area contributed by atoms with Gasteiger partial charge in [-0.05, 0) is 25.1 Å². The summed E-state index contributed by atoms with van der Waals surface area (Å²) < 4.78 is 30.8. The Labute approximate surface area is 127 Å². The third-order valence-corrected chi connectivity index (χ3v) is 4.86. The van der Waals surface area contributed by atoms with Crippen LogP contribution in [-0.2, 0) is 19.6 Å². The fourth-order valence-corrected chi connectivity index (χ4v) is 3.09. The second-order valence-electron chi connectivity index (χ2n) is 4.04. The Hall–Kier alpha value is -1.28. The molecule has 1 aromatic carbocycles. The van der Waals surface area contributed by atoms with E-state index in [2.05, 4.69) is 15.9 Å². The number of rotatable bonds is 6. The zero-order chi connectivity index (χ0) is 15.3. The van der Waals surface area contributed by atoms with Crippen molar-refractivity contribution < 1.29 is 17.9 Å². The Morgan fingerprint density at radius 2 is 2.10 bits per heavy atom. The average molecular weight is 365 g/mol. The summed E-state index contributed by atoms with van der Waals surface area (Å²) in [6, 6.07) is 4.91. The van der Waals surface area contributed by atoms with Crippen LogP contribution in [-0.4, -0.2) is 33.8 Å². The first-order valence-corrected chi connectivity index (χ1v) is 8.35. The number of nitrogens with two attached hydrogens (primary N) is 1. The number of benzene rings is 1. The van der Waals surface area contributed by atoms with Gasteiger partial charge in [-0.15, -0.1) is 0 Å². The van der Waals surface area contributed by atoms with Gasteiger partial charge < -0.3 is 10.5 Å². The Kier molecular flexibility index (Phi) is 5.82. The SMILES string of the molecule is CCOC(=O)CCS(=O)(=O)N(C)c1ccc(Br)cc1N. The third-order valence-electron chi connectivity index (χ3n) is 2.62. The van der Waals surface area contributed by atoms with Crippen molar-refractivity contribution in [2.45, 2.75) is 13.3 Å². The van der Waals surface area contributed by atoms with Crippen LogP contribution in [0.15, 0.2) is 22.7 Å². The van der Waals surface area contributed by atoms with E-state index in [9.17, 15) is 13.2 Å². The van der Waals surface area contributed by atoms with Crippen molar-refractivity contribution in [2.24, 2.45) is 0 Å². The van der Waals surface area contributed by atoms with Crippen molar-refractivity contribution >= 4 is 43.3 Å². The number of hydrogen-bond acceptors (Lipinski definition) is 5. The summed E-state index contributed by atoms with van der Waals surface area (Å²) in [5.74, 6) is -0.856. The van der Waals surface area contributed by atoms with Gasteiger partial charge in [0.05, 0.1) is 30.2 Å². The number of anilines is 2. The molecule has 0 bridgehead atoms. The molecule has 6 nitrogen and oxygen atoms in total. The molecular formula is C12H17BrN2O4S. The Morgan fingerprint density at radius 3 is 2.65 bits per heavy atom. The molecule has 20 heavy (non-hydrogen) atoms. The van der Waals surface area contributed by atoms with Gasteiger partial charge in [0.15, 0.2) is 0 Å². The third kappa shape index (κ3) is 4.38. The number of carbonyl (C=O) groups excluding carboxylic acids is 1. The number of esters is 1. The molecule has 0 aliphatic heterocycles. The Morgan fingerprint density at radius 1 is 1.45 bits per heavy atom.